The van der Waals surface area contributed by atoms with Gasteiger partial charge in [-0.3, -0.25) is 4.79 Å². The van der Waals surface area contributed by atoms with E-state index in [0.29, 0.717) is 18.5 Å². The van der Waals surface area contributed by atoms with Crippen molar-refractivity contribution in [1.29, 1.82) is 0 Å². The van der Waals surface area contributed by atoms with Gasteiger partial charge in [0.1, 0.15) is 5.82 Å². The molecule has 2 heterocycles. The molecule has 0 aliphatic heterocycles. The molecule has 1 atom stereocenters. The molecule has 1 N–H and O–H groups in total. The number of aromatic nitrogens is 2. The normalized spacial score (nSPS) is 12.3. The molecule has 0 saturated heterocycles. The maximum atomic E-state index is 13.2. The zero-order chi connectivity index (χ0) is 19.4. The number of benzene rings is 1. The Morgan fingerprint density at radius 2 is 2.04 bits per heavy atom. The van der Waals surface area contributed by atoms with Gasteiger partial charge in [0, 0.05) is 11.4 Å². The zero-order valence-corrected chi connectivity index (χ0v) is 16.5. The highest BCUT2D eigenvalue weighted by Crippen LogP contribution is 2.23. The molecule has 0 saturated carbocycles. The molecule has 3 aromatic rings. The number of carbonyl (C=O) groups is 1. The molecule has 0 aliphatic carbocycles. The number of likely N-dealkylation sites (N-methyl/N-ethyl adjacent to an activating group) is 1. The highest BCUT2D eigenvalue weighted by atomic mass is 32.1. The zero-order valence-electron chi connectivity index (χ0n) is 15.6. The standard InChI is InChI=1S/C20H23FN4OS/c1-4-17-16(12-23-25(17)15-9-7-14(21)8-10-15)20(26)22-13-18(24(2)3)19-6-5-11-27-19/h5-12,18H,4,13H2,1-3H3,(H,22,26). The average Bonchev–Trinajstić information content (AvgIpc) is 3.31. The lowest BCUT2D eigenvalue weighted by molar-refractivity contribution is 0.0941. The van der Waals surface area contributed by atoms with E-state index in [9.17, 15) is 9.18 Å². The number of nitrogens with one attached hydrogen (secondary N) is 1. The van der Waals surface area contributed by atoms with Gasteiger partial charge >= 0.3 is 0 Å². The third-order valence-corrected chi connectivity index (χ3v) is 5.44. The molecule has 27 heavy (non-hydrogen) atoms. The number of rotatable bonds is 7. The van der Waals surface area contributed by atoms with Gasteiger partial charge < -0.3 is 10.2 Å². The van der Waals surface area contributed by atoms with Gasteiger partial charge in [-0.25, -0.2) is 9.07 Å². The van der Waals surface area contributed by atoms with Crippen molar-refractivity contribution in [3.05, 3.63) is 69.9 Å². The van der Waals surface area contributed by atoms with Crippen molar-refractivity contribution in [2.45, 2.75) is 19.4 Å². The van der Waals surface area contributed by atoms with Gasteiger partial charge in [0.25, 0.3) is 5.91 Å². The second kappa shape index (κ2) is 8.45. The summed E-state index contributed by atoms with van der Waals surface area (Å²) in [7, 11) is 4.00. The Balaban J connectivity index is 1.78. The quantitative estimate of drug-likeness (QED) is 0.674. The Hall–Kier alpha value is -2.51. The van der Waals surface area contributed by atoms with Crippen LogP contribution in [0.5, 0.6) is 0 Å². The van der Waals surface area contributed by atoms with E-state index < -0.39 is 0 Å². The summed E-state index contributed by atoms with van der Waals surface area (Å²) >= 11 is 1.68. The van der Waals surface area contributed by atoms with Crippen LogP contribution in [0, 0.1) is 5.82 Å². The van der Waals surface area contributed by atoms with E-state index in [2.05, 4.69) is 21.4 Å². The van der Waals surface area contributed by atoms with Gasteiger partial charge in [-0.1, -0.05) is 13.0 Å². The first-order chi connectivity index (χ1) is 13.0. The largest absolute Gasteiger partial charge is 0.350 e. The summed E-state index contributed by atoms with van der Waals surface area (Å²) in [5.74, 6) is -0.450. The molecule has 0 radical (unpaired) electrons. The molecule has 1 amide bonds. The fourth-order valence-electron chi connectivity index (χ4n) is 3.01. The van der Waals surface area contributed by atoms with Crippen LogP contribution in [0.15, 0.2) is 48.0 Å². The van der Waals surface area contributed by atoms with Crippen molar-refractivity contribution in [3.63, 3.8) is 0 Å². The molecule has 0 spiro atoms. The van der Waals surface area contributed by atoms with E-state index in [0.717, 1.165) is 11.4 Å². The molecule has 2 aromatic heterocycles. The van der Waals surface area contributed by atoms with E-state index in [1.54, 1.807) is 34.3 Å². The third kappa shape index (κ3) is 4.26. The number of nitrogens with zero attached hydrogens (tertiary/aromatic N) is 3. The minimum Gasteiger partial charge on any atom is -0.350 e. The lowest BCUT2D eigenvalue weighted by Crippen LogP contribution is -2.34. The minimum absolute atomic E-state index is 0.117. The molecule has 0 fully saturated rings. The Morgan fingerprint density at radius 1 is 1.30 bits per heavy atom. The molecule has 5 nitrogen and oxygen atoms in total. The molecule has 0 aliphatic rings. The lowest BCUT2D eigenvalue weighted by atomic mass is 10.1. The number of hydrogen-bond acceptors (Lipinski definition) is 4. The van der Waals surface area contributed by atoms with Gasteiger partial charge in [-0.2, -0.15) is 5.10 Å². The summed E-state index contributed by atoms with van der Waals surface area (Å²) < 4.78 is 14.9. The van der Waals surface area contributed by atoms with Crippen molar-refractivity contribution in [2.75, 3.05) is 20.6 Å². The van der Waals surface area contributed by atoms with Crippen molar-refractivity contribution < 1.29 is 9.18 Å². The van der Waals surface area contributed by atoms with Gasteiger partial charge in [0.15, 0.2) is 0 Å². The molecule has 3 rings (SSSR count). The molecular formula is C20H23FN4OS. The first kappa shape index (κ1) is 19.3. The second-order valence-corrected chi connectivity index (χ2v) is 7.43. The van der Waals surface area contributed by atoms with Crippen LogP contribution in [0.25, 0.3) is 5.69 Å². The van der Waals surface area contributed by atoms with Crippen molar-refractivity contribution in [2.24, 2.45) is 0 Å². The van der Waals surface area contributed by atoms with Gasteiger partial charge in [-0.05, 0) is 56.2 Å². The van der Waals surface area contributed by atoms with Crippen LogP contribution in [-0.4, -0.2) is 41.2 Å². The summed E-state index contributed by atoms with van der Waals surface area (Å²) in [5.41, 5.74) is 2.08. The van der Waals surface area contributed by atoms with Crippen LogP contribution in [0.1, 0.15) is 33.9 Å². The van der Waals surface area contributed by atoms with Crippen LogP contribution >= 0.6 is 11.3 Å². The Bertz CT molecular complexity index is 887. The summed E-state index contributed by atoms with van der Waals surface area (Å²) in [6, 6.07) is 10.3. The molecular weight excluding hydrogens is 363 g/mol. The fourth-order valence-corrected chi connectivity index (χ4v) is 3.93. The molecule has 1 unspecified atom stereocenters. The first-order valence-electron chi connectivity index (χ1n) is 8.82. The topological polar surface area (TPSA) is 50.2 Å². The molecule has 1 aromatic carbocycles. The number of amides is 1. The van der Waals surface area contributed by atoms with E-state index in [1.165, 1.54) is 17.0 Å². The van der Waals surface area contributed by atoms with E-state index in [4.69, 9.17) is 0 Å². The highest BCUT2D eigenvalue weighted by Gasteiger charge is 2.20. The number of thiophene rings is 1. The van der Waals surface area contributed by atoms with Crippen LogP contribution in [0.2, 0.25) is 0 Å². The van der Waals surface area contributed by atoms with Gasteiger partial charge in [0.2, 0.25) is 0 Å². The smallest absolute Gasteiger partial charge is 0.254 e. The fraction of sp³-hybridized carbons (Fsp3) is 0.300. The average molecular weight is 386 g/mol. The molecule has 0 bridgehead atoms. The minimum atomic E-state index is -0.301. The van der Waals surface area contributed by atoms with Crippen LogP contribution < -0.4 is 5.32 Å². The monoisotopic (exact) mass is 386 g/mol. The van der Waals surface area contributed by atoms with E-state index in [-0.39, 0.29) is 17.8 Å². The molecule has 142 valence electrons. The number of carbonyl (C=O) groups excluding carboxylic acids is 1. The predicted molar refractivity (Wildman–Crippen MR) is 106 cm³/mol. The van der Waals surface area contributed by atoms with Crippen molar-refractivity contribution in [3.8, 4) is 5.69 Å². The number of hydrogen-bond donors (Lipinski definition) is 1. The van der Waals surface area contributed by atoms with Gasteiger partial charge in [0.05, 0.1) is 29.2 Å². The van der Waals surface area contributed by atoms with Crippen LogP contribution in [0.3, 0.4) is 0 Å². The third-order valence-electron chi connectivity index (χ3n) is 4.47. The maximum absolute atomic E-state index is 13.2. The summed E-state index contributed by atoms with van der Waals surface area (Å²) in [6.07, 6.45) is 2.22. The second-order valence-electron chi connectivity index (χ2n) is 6.45. The Morgan fingerprint density at radius 3 is 2.63 bits per heavy atom. The maximum Gasteiger partial charge on any atom is 0.254 e. The molecule has 7 heteroatoms. The van der Waals surface area contributed by atoms with Crippen molar-refractivity contribution in [1.82, 2.24) is 20.0 Å². The van der Waals surface area contributed by atoms with Crippen LogP contribution in [-0.2, 0) is 6.42 Å². The van der Waals surface area contributed by atoms with E-state index in [1.807, 2.05) is 32.5 Å². The van der Waals surface area contributed by atoms with E-state index >= 15 is 0 Å². The lowest BCUT2D eigenvalue weighted by Gasteiger charge is -2.23. The Labute approximate surface area is 162 Å². The summed E-state index contributed by atoms with van der Waals surface area (Å²) in [6.45, 7) is 2.49. The summed E-state index contributed by atoms with van der Waals surface area (Å²) in [5, 5.41) is 9.41. The van der Waals surface area contributed by atoms with Crippen LogP contribution in [0.4, 0.5) is 4.39 Å². The van der Waals surface area contributed by atoms with Gasteiger partial charge in [-0.15, -0.1) is 11.3 Å². The number of halogens is 1. The highest BCUT2D eigenvalue weighted by molar-refractivity contribution is 7.10. The Kier molecular flexibility index (Phi) is 6.03. The SMILES string of the molecule is CCc1c(C(=O)NCC(c2cccs2)N(C)C)cnn1-c1ccc(F)cc1. The summed E-state index contributed by atoms with van der Waals surface area (Å²) in [4.78, 5) is 16.1. The predicted octanol–water partition coefficient (Wildman–Crippen LogP) is 3.67. The van der Waals surface area contributed by atoms with Crippen molar-refractivity contribution >= 4 is 17.2 Å². The first-order valence-corrected chi connectivity index (χ1v) is 9.70.